The highest BCUT2D eigenvalue weighted by molar-refractivity contribution is 8.69. The van der Waals surface area contributed by atoms with Gasteiger partial charge in [0, 0.05) is 16.8 Å². The maximum absolute atomic E-state index is 10.4. The van der Waals surface area contributed by atoms with Crippen LogP contribution in [0.2, 0.25) is 10.0 Å². The third kappa shape index (κ3) is 15.1. The van der Waals surface area contributed by atoms with E-state index in [1.54, 1.807) is 23.9 Å². The molecule has 0 saturated carbocycles. The van der Waals surface area contributed by atoms with Crippen LogP contribution in [0.4, 0.5) is 0 Å². The molecule has 0 fully saturated rings. The lowest BCUT2D eigenvalue weighted by molar-refractivity contribution is -0.259. The highest BCUT2D eigenvalue weighted by atomic mass is 35.5. The average Bonchev–Trinajstić information content (AvgIpc) is 2.68. The number of thioether (sulfide) groups is 1. The Morgan fingerprint density at radius 1 is 1.13 bits per heavy atom. The summed E-state index contributed by atoms with van der Waals surface area (Å²) in [6.07, 6.45) is 0. The Labute approximate surface area is 204 Å². The van der Waals surface area contributed by atoms with E-state index in [0.29, 0.717) is 23.3 Å². The molecular formula is C16H22Cl3O7PS3. The summed E-state index contributed by atoms with van der Waals surface area (Å²) in [6.45, 7) is 5.73. The molecule has 30 heavy (non-hydrogen) atoms. The zero-order valence-electron chi connectivity index (χ0n) is 16.4. The molecule has 0 aliphatic carbocycles. The fourth-order valence-corrected chi connectivity index (χ4v) is 9.03. The van der Waals surface area contributed by atoms with Crippen molar-refractivity contribution in [3.63, 3.8) is 0 Å². The fourth-order valence-electron chi connectivity index (χ4n) is 1.42. The van der Waals surface area contributed by atoms with Gasteiger partial charge >= 0.3 is 11.9 Å². The number of carbonyl (C=O) groups is 2. The molecule has 1 aromatic carbocycles. The lowest BCUT2D eigenvalue weighted by Crippen LogP contribution is -2.14. The number of benzene rings is 1. The van der Waals surface area contributed by atoms with Gasteiger partial charge in [-0.2, -0.15) is 0 Å². The molecule has 0 aliphatic rings. The molecule has 172 valence electrons. The van der Waals surface area contributed by atoms with E-state index < -0.39 is 17.6 Å². The number of halogens is 3. The Kier molecular flexibility index (Phi) is 17.9. The zero-order valence-corrected chi connectivity index (χ0v) is 22.0. The van der Waals surface area contributed by atoms with Crippen LogP contribution in [0.5, 0.6) is 0 Å². The SMILES string of the molecule is CC(=O)OOC(=O)COCCl.CCOP(=S)(OCC)SCSc1cc(Cl)ccc1Cl. The van der Waals surface area contributed by atoms with Crippen LogP contribution in [0.15, 0.2) is 23.1 Å². The molecule has 0 spiro atoms. The fraction of sp³-hybridized carbons (Fsp3) is 0.500. The van der Waals surface area contributed by atoms with Crippen molar-refractivity contribution in [1.82, 2.24) is 0 Å². The Hall–Kier alpha value is 0.260. The molecule has 0 radical (unpaired) electrons. The molecule has 0 bridgehead atoms. The van der Waals surface area contributed by atoms with Crippen molar-refractivity contribution >= 4 is 87.4 Å². The van der Waals surface area contributed by atoms with Gasteiger partial charge in [-0.05, 0) is 43.9 Å². The van der Waals surface area contributed by atoms with E-state index in [9.17, 15) is 9.59 Å². The maximum Gasteiger partial charge on any atom is 0.380 e. The number of rotatable bonds is 11. The predicted octanol–water partition coefficient (Wildman–Crippen LogP) is 6.29. The first-order chi connectivity index (χ1) is 14.2. The smallest absolute Gasteiger partial charge is 0.354 e. The van der Waals surface area contributed by atoms with E-state index in [0.717, 1.165) is 16.9 Å². The van der Waals surface area contributed by atoms with Crippen LogP contribution in [-0.2, 0) is 45.0 Å². The molecule has 0 unspecified atom stereocenters. The van der Waals surface area contributed by atoms with Crippen molar-refractivity contribution in [2.45, 2.75) is 25.7 Å². The molecule has 1 aromatic rings. The van der Waals surface area contributed by atoms with Crippen molar-refractivity contribution in [2.24, 2.45) is 0 Å². The summed E-state index contributed by atoms with van der Waals surface area (Å²) in [5, 5.41) is 2.08. The Bertz CT molecular complexity index is 703. The first-order valence-electron chi connectivity index (χ1n) is 8.30. The lowest BCUT2D eigenvalue weighted by atomic mass is 10.4. The summed E-state index contributed by atoms with van der Waals surface area (Å²) in [5.41, 5.74) is -2.23. The van der Waals surface area contributed by atoms with E-state index in [-0.39, 0.29) is 12.7 Å². The van der Waals surface area contributed by atoms with E-state index in [2.05, 4.69) is 14.5 Å². The van der Waals surface area contributed by atoms with Gasteiger partial charge in [0.25, 0.3) is 0 Å². The first kappa shape index (κ1) is 30.3. The minimum absolute atomic E-state index is 0.116. The molecule has 0 N–H and O–H groups in total. The average molecular weight is 560 g/mol. The van der Waals surface area contributed by atoms with Crippen LogP contribution in [-0.4, -0.2) is 42.9 Å². The van der Waals surface area contributed by atoms with Gasteiger partial charge in [0.15, 0.2) is 6.61 Å². The molecule has 0 amide bonds. The summed E-state index contributed by atoms with van der Waals surface area (Å²) >= 11 is 25.7. The summed E-state index contributed by atoms with van der Waals surface area (Å²) in [7, 11) is 0. The molecule has 7 nitrogen and oxygen atoms in total. The quantitative estimate of drug-likeness (QED) is 0.0770. The topological polar surface area (TPSA) is 80.3 Å². The minimum Gasteiger partial charge on any atom is -0.354 e. The molecule has 1 rings (SSSR count). The third-order valence-electron chi connectivity index (χ3n) is 2.44. The number of hydrogen-bond acceptors (Lipinski definition) is 10. The van der Waals surface area contributed by atoms with Crippen molar-refractivity contribution < 1.29 is 33.1 Å². The lowest BCUT2D eigenvalue weighted by Gasteiger charge is -2.19. The highest BCUT2D eigenvalue weighted by Crippen LogP contribution is 2.62. The van der Waals surface area contributed by atoms with E-state index in [4.69, 9.17) is 55.7 Å². The van der Waals surface area contributed by atoms with Gasteiger partial charge < -0.3 is 13.8 Å². The summed E-state index contributed by atoms with van der Waals surface area (Å²) < 4.78 is 15.5. The summed E-state index contributed by atoms with van der Waals surface area (Å²) in [4.78, 5) is 29.2. The van der Waals surface area contributed by atoms with Crippen molar-refractivity contribution in [3.8, 4) is 0 Å². The van der Waals surface area contributed by atoms with Crippen LogP contribution in [0, 0.1) is 0 Å². The van der Waals surface area contributed by atoms with Gasteiger partial charge in [-0.3, -0.25) is 0 Å². The summed E-state index contributed by atoms with van der Waals surface area (Å²) in [6, 6.07) is 5.29. The van der Waals surface area contributed by atoms with E-state index >= 15 is 0 Å². The van der Waals surface area contributed by atoms with Crippen molar-refractivity contribution in [2.75, 3.05) is 31.0 Å². The van der Waals surface area contributed by atoms with Crippen molar-refractivity contribution in [3.05, 3.63) is 28.2 Å². The number of hydrogen-bond donors (Lipinski definition) is 0. The Morgan fingerprint density at radius 3 is 2.30 bits per heavy atom. The number of alkyl halides is 1. The second-order valence-electron chi connectivity index (χ2n) is 4.74. The molecule has 0 heterocycles. The van der Waals surface area contributed by atoms with E-state index in [1.165, 1.54) is 11.4 Å². The second-order valence-corrected chi connectivity index (χ2v) is 13.5. The Balaban J connectivity index is 0.000000654. The molecular weight excluding hydrogens is 538 g/mol. The van der Waals surface area contributed by atoms with Crippen molar-refractivity contribution in [1.29, 1.82) is 0 Å². The third-order valence-corrected chi connectivity index (χ3v) is 10.4. The van der Waals surface area contributed by atoms with Gasteiger partial charge in [0.2, 0.25) is 5.69 Å². The normalized spacial score (nSPS) is 10.7. The Morgan fingerprint density at radius 2 is 1.77 bits per heavy atom. The maximum atomic E-state index is 10.4. The van der Waals surface area contributed by atoms with Crippen LogP contribution in [0.1, 0.15) is 20.8 Å². The predicted molar refractivity (Wildman–Crippen MR) is 127 cm³/mol. The van der Waals surface area contributed by atoms with E-state index in [1.807, 2.05) is 19.9 Å². The van der Waals surface area contributed by atoms with Gasteiger partial charge in [-0.1, -0.05) is 46.2 Å². The van der Waals surface area contributed by atoms with Crippen LogP contribution < -0.4 is 0 Å². The van der Waals surface area contributed by atoms with Gasteiger partial charge in [-0.25, -0.2) is 19.4 Å². The van der Waals surface area contributed by atoms with Gasteiger partial charge in [0.05, 0.1) is 23.3 Å². The highest BCUT2D eigenvalue weighted by Gasteiger charge is 2.19. The van der Waals surface area contributed by atoms with Gasteiger partial charge in [0.1, 0.15) is 6.07 Å². The van der Waals surface area contributed by atoms with Crippen LogP contribution >= 0.6 is 63.6 Å². The second kappa shape index (κ2) is 17.8. The molecule has 0 aliphatic heterocycles. The largest absolute Gasteiger partial charge is 0.380 e. The zero-order chi connectivity index (χ0) is 23.0. The molecule has 14 heteroatoms. The van der Waals surface area contributed by atoms with Crippen LogP contribution in [0.3, 0.4) is 0 Å². The van der Waals surface area contributed by atoms with Crippen LogP contribution in [0.25, 0.3) is 0 Å². The minimum atomic E-state index is -2.23. The molecule has 0 saturated heterocycles. The standard InChI is InChI=1S/C11H15Cl2O2PS3.C5H7ClO5/c1-3-14-16(17,15-4-2)19-8-18-11-7-9(12)5-6-10(11)13;1-4(7)10-11-5(8)2-9-3-6/h5-7H,3-4,8H2,1-2H3;2-3H2,1H3. The molecule has 0 aromatic heterocycles. The monoisotopic (exact) mass is 558 g/mol. The first-order valence-corrected chi connectivity index (χ1v) is 14.8. The summed E-state index contributed by atoms with van der Waals surface area (Å²) in [5.74, 6) is -1.51. The van der Waals surface area contributed by atoms with Gasteiger partial charge in [-0.15, -0.1) is 11.8 Å². The number of carbonyl (C=O) groups excluding carboxylic acids is 2. The number of ether oxygens (including phenoxy) is 1. The molecule has 0 atom stereocenters.